The zero-order chi connectivity index (χ0) is 12.3. The van der Waals surface area contributed by atoms with E-state index in [-0.39, 0.29) is 11.3 Å². The highest BCUT2D eigenvalue weighted by atomic mass is 16.6. The summed E-state index contributed by atoms with van der Waals surface area (Å²) in [6, 6.07) is 5.86. The molecule has 0 saturated carbocycles. The Bertz CT molecular complexity index is 415. The minimum absolute atomic E-state index is 0.0447. The van der Waals surface area contributed by atoms with Gasteiger partial charge >= 0.3 is 5.97 Å². The van der Waals surface area contributed by atoms with E-state index >= 15 is 0 Å². The maximum absolute atomic E-state index is 11.6. The molecule has 0 aromatic heterocycles. The van der Waals surface area contributed by atoms with Crippen LogP contribution in [0.25, 0.3) is 0 Å². The topological polar surface area (TPSA) is 63.6 Å². The molecule has 1 rings (SSSR count). The molecular formula is C12H14O4. The first-order chi connectivity index (χ1) is 7.31. The molecule has 0 saturated heterocycles. The number of phenolic OH excluding ortho intramolecular Hbond substituents is 1. The number of Topliss-reactive ketones (excluding diaryl/α,β-unsaturated/α-hetero) is 1. The molecule has 16 heavy (non-hydrogen) atoms. The third-order valence-corrected chi connectivity index (χ3v) is 1.73. The molecule has 0 atom stereocenters. The highest BCUT2D eigenvalue weighted by molar-refractivity contribution is 6.41. The Labute approximate surface area is 93.9 Å². The van der Waals surface area contributed by atoms with Gasteiger partial charge in [0.25, 0.3) is 5.78 Å². The van der Waals surface area contributed by atoms with Crippen LogP contribution in [0.3, 0.4) is 0 Å². The molecule has 1 aromatic carbocycles. The van der Waals surface area contributed by atoms with Crippen molar-refractivity contribution in [3.05, 3.63) is 29.8 Å². The maximum Gasteiger partial charge on any atom is 0.380 e. The van der Waals surface area contributed by atoms with Gasteiger partial charge < -0.3 is 9.84 Å². The highest BCUT2D eigenvalue weighted by Crippen LogP contribution is 2.18. The van der Waals surface area contributed by atoms with Gasteiger partial charge in [-0.1, -0.05) is 12.1 Å². The molecule has 4 heteroatoms. The van der Waals surface area contributed by atoms with Crippen LogP contribution in [0.4, 0.5) is 0 Å². The first-order valence-electron chi connectivity index (χ1n) is 4.87. The molecule has 1 N–H and O–H groups in total. The zero-order valence-corrected chi connectivity index (χ0v) is 9.48. The molecule has 0 aliphatic rings. The fraction of sp³-hybridized carbons (Fsp3) is 0.333. The van der Waals surface area contributed by atoms with Crippen molar-refractivity contribution >= 4 is 11.8 Å². The number of hydrogen-bond acceptors (Lipinski definition) is 4. The van der Waals surface area contributed by atoms with Crippen molar-refractivity contribution in [2.24, 2.45) is 0 Å². The monoisotopic (exact) mass is 222 g/mol. The van der Waals surface area contributed by atoms with E-state index in [1.807, 2.05) is 0 Å². The van der Waals surface area contributed by atoms with Crippen molar-refractivity contribution in [1.29, 1.82) is 0 Å². The molecule has 0 fully saturated rings. The molecule has 1 aromatic rings. The van der Waals surface area contributed by atoms with E-state index in [1.165, 1.54) is 12.1 Å². The number of benzene rings is 1. The van der Waals surface area contributed by atoms with Crippen LogP contribution in [0.15, 0.2) is 24.3 Å². The standard InChI is InChI=1S/C12H14O4/c1-12(2,3)16-11(15)10(14)8-6-4-5-7-9(8)13/h4-7,13H,1-3H3. The number of phenols is 1. The molecular weight excluding hydrogens is 208 g/mol. The van der Waals surface area contributed by atoms with E-state index in [1.54, 1.807) is 32.9 Å². The second kappa shape index (κ2) is 4.35. The summed E-state index contributed by atoms with van der Waals surface area (Å²) in [6.45, 7) is 5.01. The van der Waals surface area contributed by atoms with E-state index in [2.05, 4.69) is 0 Å². The fourth-order valence-electron chi connectivity index (χ4n) is 1.10. The summed E-state index contributed by atoms with van der Waals surface area (Å²) in [6.07, 6.45) is 0. The summed E-state index contributed by atoms with van der Waals surface area (Å²) in [4.78, 5) is 23.0. The van der Waals surface area contributed by atoms with Gasteiger partial charge in [-0.05, 0) is 32.9 Å². The fourth-order valence-corrected chi connectivity index (χ4v) is 1.10. The number of ketones is 1. The second-order valence-corrected chi connectivity index (χ2v) is 4.35. The van der Waals surface area contributed by atoms with Crippen molar-refractivity contribution in [2.45, 2.75) is 26.4 Å². The van der Waals surface area contributed by atoms with Crippen molar-refractivity contribution in [1.82, 2.24) is 0 Å². The van der Waals surface area contributed by atoms with Crippen molar-refractivity contribution < 1.29 is 19.4 Å². The van der Waals surface area contributed by atoms with Gasteiger partial charge in [-0.25, -0.2) is 4.79 Å². The molecule has 0 spiro atoms. The lowest BCUT2D eigenvalue weighted by molar-refractivity contribution is -0.148. The predicted octanol–water partition coefficient (Wildman–Crippen LogP) is 1.92. The third-order valence-electron chi connectivity index (χ3n) is 1.73. The van der Waals surface area contributed by atoms with Crippen molar-refractivity contribution in [3.8, 4) is 5.75 Å². The van der Waals surface area contributed by atoms with Gasteiger partial charge in [0.2, 0.25) is 0 Å². The normalized spacial score (nSPS) is 10.9. The van der Waals surface area contributed by atoms with Crippen LogP contribution < -0.4 is 0 Å². The van der Waals surface area contributed by atoms with Gasteiger partial charge in [0, 0.05) is 0 Å². The van der Waals surface area contributed by atoms with Crippen LogP contribution in [-0.4, -0.2) is 22.5 Å². The van der Waals surface area contributed by atoms with Gasteiger partial charge in [0.1, 0.15) is 11.4 Å². The Hall–Kier alpha value is -1.84. The number of ether oxygens (including phenoxy) is 1. The molecule has 0 radical (unpaired) electrons. The van der Waals surface area contributed by atoms with Gasteiger partial charge in [0.05, 0.1) is 5.56 Å². The first-order valence-corrected chi connectivity index (χ1v) is 4.87. The third kappa shape index (κ3) is 3.08. The Kier molecular flexibility index (Phi) is 3.32. The molecule has 4 nitrogen and oxygen atoms in total. The summed E-state index contributed by atoms with van der Waals surface area (Å²) in [5.74, 6) is -2.03. The minimum Gasteiger partial charge on any atom is -0.507 e. The minimum atomic E-state index is -0.964. The number of hydrogen-bond donors (Lipinski definition) is 1. The number of para-hydroxylation sites is 1. The first kappa shape index (κ1) is 12.2. The highest BCUT2D eigenvalue weighted by Gasteiger charge is 2.25. The summed E-state index contributed by atoms with van der Waals surface area (Å²) < 4.78 is 4.91. The lowest BCUT2D eigenvalue weighted by atomic mass is 10.1. The van der Waals surface area contributed by atoms with Gasteiger partial charge in [0.15, 0.2) is 0 Å². The zero-order valence-electron chi connectivity index (χ0n) is 9.48. The second-order valence-electron chi connectivity index (χ2n) is 4.35. The van der Waals surface area contributed by atoms with E-state index in [9.17, 15) is 14.7 Å². The number of aromatic hydroxyl groups is 1. The average molecular weight is 222 g/mol. The van der Waals surface area contributed by atoms with Crippen LogP contribution in [0.1, 0.15) is 31.1 Å². The smallest absolute Gasteiger partial charge is 0.380 e. The summed E-state index contributed by atoms with van der Waals surface area (Å²) in [5.41, 5.74) is -0.770. The lowest BCUT2D eigenvalue weighted by Crippen LogP contribution is -2.29. The SMILES string of the molecule is CC(C)(C)OC(=O)C(=O)c1ccccc1O. The average Bonchev–Trinajstić information content (AvgIpc) is 2.15. The molecule has 0 unspecified atom stereocenters. The largest absolute Gasteiger partial charge is 0.507 e. The van der Waals surface area contributed by atoms with Crippen LogP contribution >= 0.6 is 0 Å². The molecule has 0 aliphatic carbocycles. The van der Waals surface area contributed by atoms with E-state index in [0.717, 1.165) is 0 Å². The van der Waals surface area contributed by atoms with E-state index in [4.69, 9.17) is 4.74 Å². The number of carbonyl (C=O) groups excluding carboxylic acids is 2. The number of rotatable bonds is 2. The van der Waals surface area contributed by atoms with Crippen molar-refractivity contribution in [3.63, 3.8) is 0 Å². The predicted molar refractivity (Wildman–Crippen MR) is 58.3 cm³/mol. The van der Waals surface area contributed by atoms with Crippen LogP contribution in [-0.2, 0) is 9.53 Å². The van der Waals surface area contributed by atoms with Crippen LogP contribution in [0.5, 0.6) is 5.75 Å². The molecule has 0 amide bonds. The van der Waals surface area contributed by atoms with E-state index in [0.29, 0.717) is 0 Å². The number of esters is 1. The van der Waals surface area contributed by atoms with Crippen molar-refractivity contribution in [2.75, 3.05) is 0 Å². The Morgan fingerprint density at radius 2 is 1.75 bits per heavy atom. The summed E-state index contributed by atoms with van der Waals surface area (Å²) in [7, 11) is 0. The quantitative estimate of drug-likeness (QED) is 0.471. The molecule has 0 bridgehead atoms. The summed E-state index contributed by atoms with van der Waals surface area (Å²) >= 11 is 0. The molecule has 86 valence electrons. The maximum atomic E-state index is 11.6. The van der Waals surface area contributed by atoms with Crippen LogP contribution in [0, 0.1) is 0 Å². The summed E-state index contributed by atoms with van der Waals surface area (Å²) in [5, 5.41) is 9.40. The van der Waals surface area contributed by atoms with E-state index < -0.39 is 17.4 Å². The Morgan fingerprint density at radius 1 is 1.19 bits per heavy atom. The lowest BCUT2D eigenvalue weighted by Gasteiger charge is -2.18. The van der Waals surface area contributed by atoms with Gasteiger partial charge in [-0.2, -0.15) is 0 Å². The Morgan fingerprint density at radius 3 is 2.25 bits per heavy atom. The Balaban J connectivity index is 2.88. The van der Waals surface area contributed by atoms with Gasteiger partial charge in [-0.15, -0.1) is 0 Å². The number of carbonyl (C=O) groups is 2. The molecule has 0 aliphatic heterocycles. The van der Waals surface area contributed by atoms with Gasteiger partial charge in [-0.3, -0.25) is 4.79 Å². The molecule has 0 heterocycles. The van der Waals surface area contributed by atoms with Crippen LogP contribution in [0.2, 0.25) is 0 Å².